The van der Waals surface area contributed by atoms with Gasteiger partial charge in [-0.05, 0) is 76.9 Å². The second kappa shape index (κ2) is 10.5. The van der Waals surface area contributed by atoms with E-state index in [0.29, 0.717) is 5.82 Å². The normalized spacial score (nSPS) is 19.3. The number of pyridine rings is 2. The first-order valence-electron chi connectivity index (χ1n) is 13.9. The Kier molecular flexibility index (Phi) is 6.88. The highest BCUT2D eigenvalue weighted by Gasteiger charge is 2.43. The minimum absolute atomic E-state index is 0.0462. The Morgan fingerprint density at radius 3 is 2.59 bits per heavy atom. The molecule has 3 aromatic rings. The van der Waals surface area contributed by atoms with Crippen LogP contribution in [0.4, 0.5) is 21.7 Å². The number of halogens is 1. The molecule has 3 aliphatic rings. The molecule has 0 aliphatic carbocycles. The molecule has 0 unspecified atom stereocenters. The van der Waals surface area contributed by atoms with Gasteiger partial charge in [0.2, 0.25) is 11.9 Å². The summed E-state index contributed by atoms with van der Waals surface area (Å²) in [4.78, 5) is 35.2. The van der Waals surface area contributed by atoms with Crippen LogP contribution >= 0.6 is 0 Å². The molecule has 9 nitrogen and oxygen atoms in total. The van der Waals surface area contributed by atoms with Gasteiger partial charge in [0.05, 0.1) is 28.1 Å². The van der Waals surface area contributed by atoms with Crippen LogP contribution in [0.25, 0.3) is 11.3 Å². The number of fused-ring (bicyclic) bond motifs is 1. The topological polar surface area (TPSA) is 99.2 Å². The van der Waals surface area contributed by atoms with Gasteiger partial charge < -0.3 is 20.4 Å². The van der Waals surface area contributed by atoms with Gasteiger partial charge in [-0.1, -0.05) is 0 Å². The quantitative estimate of drug-likeness (QED) is 0.439. The molecular formula is C29H35FN8O. The second-order valence-corrected chi connectivity index (χ2v) is 11.2. The van der Waals surface area contributed by atoms with Gasteiger partial charge in [0.1, 0.15) is 18.0 Å². The number of piperidine rings is 1. The number of aromatic nitrogens is 4. The lowest BCUT2D eigenvalue weighted by molar-refractivity contribution is -0.119. The molecule has 10 heteroatoms. The Morgan fingerprint density at radius 2 is 1.85 bits per heavy atom. The largest absolute Gasteiger partial charge is 0.382 e. The lowest BCUT2D eigenvalue weighted by Gasteiger charge is -2.35. The first kappa shape index (κ1) is 25.6. The van der Waals surface area contributed by atoms with Crippen LogP contribution in [0.2, 0.25) is 0 Å². The van der Waals surface area contributed by atoms with E-state index in [1.165, 1.54) is 44.5 Å². The Hall–Kier alpha value is -3.66. The first-order chi connectivity index (χ1) is 18.9. The molecule has 204 valence electrons. The van der Waals surface area contributed by atoms with Crippen molar-refractivity contribution in [2.75, 3.05) is 54.8 Å². The molecule has 2 N–H and O–H groups in total. The van der Waals surface area contributed by atoms with E-state index in [2.05, 4.69) is 41.5 Å². The maximum atomic E-state index is 13.5. The van der Waals surface area contributed by atoms with Gasteiger partial charge in [-0.25, -0.2) is 15.0 Å². The maximum absolute atomic E-state index is 13.5. The van der Waals surface area contributed by atoms with Crippen molar-refractivity contribution in [2.24, 2.45) is 0 Å². The Labute approximate surface area is 228 Å². The van der Waals surface area contributed by atoms with Gasteiger partial charge in [-0.3, -0.25) is 9.78 Å². The highest BCUT2D eigenvalue weighted by atomic mass is 19.1. The average molecular weight is 531 g/mol. The van der Waals surface area contributed by atoms with Crippen molar-refractivity contribution in [3.05, 3.63) is 54.0 Å². The monoisotopic (exact) mass is 530 g/mol. The molecule has 1 amide bonds. The average Bonchev–Trinajstić information content (AvgIpc) is 3.55. The molecule has 2 fully saturated rings. The van der Waals surface area contributed by atoms with Crippen molar-refractivity contribution < 1.29 is 9.18 Å². The molecule has 6 rings (SSSR count). The van der Waals surface area contributed by atoms with Crippen LogP contribution < -0.4 is 15.5 Å². The Morgan fingerprint density at radius 1 is 1.05 bits per heavy atom. The fourth-order valence-electron chi connectivity index (χ4n) is 6.01. The number of anilines is 3. The summed E-state index contributed by atoms with van der Waals surface area (Å²) in [5.74, 6) is 1.17. The van der Waals surface area contributed by atoms with Crippen molar-refractivity contribution in [2.45, 2.75) is 50.9 Å². The smallest absolute Gasteiger partial charge is 0.235 e. The molecule has 2 saturated heterocycles. The zero-order chi connectivity index (χ0) is 27.0. The van der Waals surface area contributed by atoms with E-state index in [-0.39, 0.29) is 11.8 Å². The number of amides is 1. The summed E-state index contributed by atoms with van der Waals surface area (Å²) in [6, 6.07) is 7.19. The van der Waals surface area contributed by atoms with Crippen LogP contribution in [0.3, 0.4) is 0 Å². The maximum Gasteiger partial charge on any atom is 0.235 e. The van der Waals surface area contributed by atoms with Crippen LogP contribution in [0.5, 0.6) is 0 Å². The zero-order valence-electron chi connectivity index (χ0n) is 22.6. The third kappa shape index (κ3) is 5.05. The van der Waals surface area contributed by atoms with Crippen LogP contribution in [0.1, 0.15) is 56.7 Å². The molecule has 0 radical (unpaired) electrons. The van der Waals surface area contributed by atoms with E-state index < -0.39 is 11.4 Å². The van der Waals surface area contributed by atoms with E-state index in [1.54, 1.807) is 6.07 Å². The lowest BCUT2D eigenvalue weighted by Crippen LogP contribution is -2.36. The lowest BCUT2D eigenvalue weighted by atomic mass is 9.86. The van der Waals surface area contributed by atoms with Crippen molar-refractivity contribution in [3.63, 3.8) is 0 Å². The van der Waals surface area contributed by atoms with E-state index in [0.717, 1.165) is 73.0 Å². The van der Waals surface area contributed by atoms with Crippen LogP contribution in [-0.4, -0.2) is 70.0 Å². The molecule has 0 spiro atoms. The van der Waals surface area contributed by atoms with Crippen molar-refractivity contribution in [1.82, 2.24) is 24.8 Å². The van der Waals surface area contributed by atoms with E-state index in [1.807, 2.05) is 19.9 Å². The minimum atomic E-state index is -0.672. The first-order valence-corrected chi connectivity index (χ1v) is 13.9. The van der Waals surface area contributed by atoms with Crippen molar-refractivity contribution in [1.29, 1.82) is 0 Å². The summed E-state index contributed by atoms with van der Waals surface area (Å²) in [6.07, 6.45) is 7.44. The molecular weight excluding hydrogens is 495 g/mol. The highest BCUT2D eigenvalue weighted by molar-refractivity contribution is 6.06. The fraction of sp³-hybridized carbons (Fsp3) is 0.483. The molecule has 3 aliphatic heterocycles. The molecule has 0 saturated carbocycles. The van der Waals surface area contributed by atoms with Gasteiger partial charge in [0.25, 0.3) is 0 Å². The summed E-state index contributed by atoms with van der Waals surface area (Å²) in [5.41, 5.74) is 3.91. The third-order valence-corrected chi connectivity index (χ3v) is 8.32. The predicted molar refractivity (Wildman–Crippen MR) is 149 cm³/mol. The van der Waals surface area contributed by atoms with Gasteiger partial charge >= 0.3 is 0 Å². The van der Waals surface area contributed by atoms with E-state index in [4.69, 9.17) is 4.98 Å². The summed E-state index contributed by atoms with van der Waals surface area (Å²) in [5, 5.41) is 6.57. The number of nitrogens with one attached hydrogen (secondary N) is 2. The standard InChI is InChI=1S/C29H35FN8O/c1-29(2)24-26(36-28(29)39)33-18-34-27(24)38-14-9-19(10-15-38)25-22(31-11-16-37-12-3-4-13-37)7-6-21(35-25)20-5-8-23(30)32-17-20/h5-8,17-19,31H,3-4,9-16H2,1-2H3,(H,33,34,36,39). The summed E-state index contributed by atoms with van der Waals surface area (Å²) < 4.78 is 13.5. The molecule has 6 heterocycles. The number of carbonyl (C=O) groups excluding carboxylic acids is 1. The van der Waals surface area contributed by atoms with E-state index >= 15 is 0 Å². The Bertz CT molecular complexity index is 1350. The number of likely N-dealkylation sites (tertiary alicyclic amines) is 1. The SMILES string of the molecule is CC1(C)C(=O)Nc2ncnc(N3CCC(c4nc(-c5ccc(F)nc5)ccc4NCCN4CCCC4)CC3)c21. The van der Waals surface area contributed by atoms with Gasteiger partial charge in [0, 0.05) is 43.9 Å². The number of nitrogens with zero attached hydrogens (tertiary/aromatic N) is 6. The van der Waals surface area contributed by atoms with Gasteiger partial charge in [-0.15, -0.1) is 0 Å². The van der Waals surface area contributed by atoms with Gasteiger partial charge in [-0.2, -0.15) is 4.39 Å². The summed E-state index contributed by atoms with van der Waals surface area (Å²) in [7, 11) is 0. The predicted octanol–water partition coefficient (Wildman–Crippen LogP) is 4.19. The van der Waals surface area contributed by atoms with Gasteiger partial charge in [0.15, 0.2) is 0 Å². The molecule has 3 aromatic heterocycles. The van der Waals surface area contributed by atoms with Crippen LogP contribution in [0.15, 0.2) is 36.8 Å². The zero-order valence-corrected chi connectivity index (χ0v) is 22.6. The van der Waals surface area contributed by atoms with Crippen LogP contribution in [-0.2, 0) is 10.2 Å². The fourth-order valence-corrected chi connectivity index (χ4v) is 6.01. The molecule has 0 bridgehead atoms. The minimum Gasteiger partial charge on any atom is -0.382 e. The third-order valence-electron chi connectivity index (χ3n) is 8.32. The van der Waals surface area contributed by atoms with Crippen molar-refractivity contribution >= 4 is 23.2 Å². The number of carbonyl (C=O) groups is 1. The molecule has 0 atom stereocenters. The summed E-state index contributed by atoms with van der Waals surface area (Å²) >= 11 is 0. The number of hydrogen-bond donors (Lipinski definition) is 2. The Balaban J connectivity index is 1.23. The van der Waals surface area contributed by atoms with Crippen LogP contribution in [0, 0.1) is 5.95 Å². The summed E-state index contributed by atoms with van der Waals surface area (Å²) in [6.45, 7) is 9.68. The molecule has 0 aromatic carbocycles. The second-order valence-electron chi connectivity index (χ2n) is 11.2. The number of hydrogen-bond acceptors (Lipinski definition) is 8. The van der Waals surface area contributed by atoms with E-state index in [9.17, 15) is 9.18 Å². The number of rotatable bonds is 7. The molecule has 39 heavy (non-hydrogen) atoms. The van der Waals surface area contributed by atoms with Crippen molar-refractivity contribution in [3.8, 4) is 11.3 Å². The highest BCUT2D eigenvalue weighted by Crippen LogP contribution is 2.43.